The molecular weight excluding hydrogens is 430 g/mol. The molecule has 3 aliphatic rings. The van der Waals surface area contributed by atoms with Gasteiger partial charge >= 0.3 is 0 Å². The molecule has 0 amide bonds. The molecule has 4 atom stereocenters. The van der Waals surface area contributed by atoms with Crippen LogP contribution < -0.4 is 0 Å². The first kappa shape index (κ1) is 20.9. The van der Waals surface area contributed by atoms with E-state index in [0.29, 0.717) is 5.92 Å². The zero-order valence-corrected chi connectivity index (χ0v) is 20.0. The summed E-state index contributed by atoms with van der Waals surface area (Å²) in [6.45, 7) is 2.43. The zero-order valence-electron chi connectivity index (χ0n) is 20.0. The maximum Gasteiger partial charge on any atom is 0.277 e. The maximum absolute atomic E-state index is 12.3. The average Bonchev–Trinajstić information content (AvgIpc) is 3.16. The lowest BCUT2D eigenvalue weighted by Crippen LogP contribution is -2.44. The van der Waals surface area contributed by atoms with Crippen LogP contribution in [0.4, 0.5) is 5.69 Å². The lowest BCUT2D eigenvalue weighted by molar-refractivity contribution is -0.384. The molecule has 1 spiro atoms. The van der Waals surface area contributed by atoms with Crippen LogP contribution in [0, 0.1) is 27.9 Å². The van der Waals surface area contributed by atoms with Gasteiger partial charge in [0.1, 0.15) is 0 Å². The minimum atomic E-state index is -0.216. The second-order valence-electron chi connectivity index (χ2n) is 11.1. The van der Waals surface area contributed by atoms with Crippen molar-refractivity contribution in [1.82, 2.24) is 0 Å². The van der Waals surface area contributed by atoms with Crippen molar-refractivity contribution in [3.05, 3.63) is 100 Å². The number of benzene rings is 4. The van der Waals surface area contributed by atoms with E-state index >= 15 is 0 Å². The lowest BCUT2D eigenvalue weighted by atomic mass is 9.53. The molecule has 35 heavy (non-hydrogen) atoms. The molecule has 3 nitrogen and oxygen atoms in total. The standard InChI is InChI=1S/C32H29NO2/c1-20-17-21-15-16-32(23(18-20)19-21)27-11-5-4-9-25(27)30-26(10-6-12-28(30)32)31-24-8-3-2-7-22(24)13-14-29(31)33(34)35/h2-14,20-21,23H,15-19H2,1H3. The first-order chi connectivity index (χ1) is 17.1. The Labute approximate surface area is 206 Å². The predicted octanol–water partition coefficient (Wildman–Crippen LogP) is 8.53. The largest absolute Gasteiger partial charge is 0.277 e. The third kappa shape index (κ3) is 2.84. The molecule has 0 heterocycles. The van der Waals surface area contributed by atoms with Crippen molar-refractivity contribution in [3.63, 3.8) is 0 Å². The maximum atomic E-state index is 12.3. The van der Waals surface area contributed by atoms with Gasteiger partial charge in [0.2, 0.25) is 0 Å². The van der Waals surface area contributed by atoms with Crippen LogP contribution in [0.3, 0.4) is 0 Å². The lowest BCUT2D eigenvalue weighted by Gasteiger charge is -2.50. The highest BCUT2D eigenvalue weighted by molar-refractivity contribution is 6.06. The summed E-state index contributed by atoms with van der Waals surface area (Å²) in [5.41, 5.74) is 7.30. The predicted molar refractivity (Wildman–Crippen MR) is 141 cm³/mol. The molecule has 0 saturated heterocycles. The van der Waals surface area contributed by atoms with Crippen LogP contribution in [0.15, 0.2) is 78.9 Å². The topological polar surface area (TPSA) is 43.1 Å². The molecule has 0 N–H and O–H groups in total. The van der Waals surface area contributed by atoms with Crippen molar-refractivity contribution >= 4 is 16.5 Å². The summed E-state index contributed by atoms with van der Waals surface area (Å²) in [6.07, 6.45) is 6.39. The van der Waals surface area contributed by atoms with Crippen molar-refractivity contribution in [2.45, 2.75) is 44.4 Å². The zero-order chi connectivity index (χ0) is 23.7. The summed E-state index contributed by atoms with van der Waals surface area (Å²) in [5.74, 6) is 2.23. The third-order valence-corrected chi connectivity index (χ3v) is 9.28. The molecule has 3 aliphatic carbocycles. The Morgan fingerprint density at radius 1 is 0.800 bits per heavy atom. The molecule has 4 aromatic rings. The molecule has 7 rings (SSSR count). The summed E-state index contributed by atoms with van der Waals surface area (Å²) in [7, 11) is 0. The van der Waals surface area contributed by atoms with Gasteiger partial charge in [-0.1, -0.05) is 73.7 Å². The Kier molecular flexibility index (Phi) is 4.48. The average molecular weight is 460 g/mol. The summed E-state index contributed by atoms with van der Waals surface area (Å²) in [6, 6.07) is 27.1. The summed E-state index contributed by atoms with van der Waals surface area (Å²) < 4.78 is 0. The molecule has 2 fully saturated rings. The number of nitro benzene ring substituents is 1. The molecule has 3 heteroatoms. The second-order valence-corrected chi connectivity index (χ2v) is 11.1. The minimum absolute atomic E-state index is 0.0203. The van der Waals surface area contributed by atoms with E-state index in [1.165, 1.54) is 54.4 Å². The highest BCUT2D eigenvalue weighted by Gasteiger charge is 2.53. The van der Waals surface area contributed by atoms with Crippen LogP contribution in [0.25, 0.3) is 33.0 Å². The highest BCUT2D eigenvalue weighted by Crippen LogP contribution is 2.64. The second kappa shape index (κ2) is 7.52. The van der Waals surface area contributed by atoms with Crippen molar-refractivity contribution in [2.75, 3.05) is 0 Å². The first-order valence-corrected chi connectivity index (χ1v) is 13.0. The fraction of sp³-hybridized carbons (Fsp3) is 0.312. The number of nitrogens with zero attached hydrogens (tertiary/aromatic N) is 1. The smallest absolute Gasteiger partial charge is 0.258 e. The van der Waals surface area contributed by atoms with Gasteiger partial charge in [0.25, 0.3) is 5.69 Å². The van der Waals surface area contributed by atoms with Crippen molar-refractivity contribution in [3.8, 4) is 22.3 Å². The Hall–Kier alpha value is -3.46. The van der Waals surface area contributed by atoms with E-state index in [1.807, 2.05) is 30.3 Å². The Morgan fingerprint density at radius 2 is 1.57 bits per heavy atom. The van der Waals surface area contributed by atoms with E-state index in [4.69, 9.17) is 0 Å². The molecule has 4 unspecified atom stereocenters. The molecule has 0 aromatic heterocycles. The normalized spacial score (nSPS) is 26.5. The first-order valence-electron chi connectivity index (χ1n) is 13.0. The molecule has 174 valence electrons. The van der Waals surface area contributed by atoms with E-state index in [-0.39, 0.29) is 16.0 Å². The van der Waals surface area contributed by atoms with Gasteiger partial charge in [-0.2, -0.15) is 0 Å². The van der Waals surface area contributed by atoms with Crippen LogP contribution in [0.2, 0.25) is 0 Å². The van der Waals surface area contributed by atoms with Crippen LogP contribution in [-0.2, 0) is 5.41 Å². The van der Waals surface area contributed by atoms with E-state index in [2.05, 4.69) is 49.4 Å². The van der Waals surface area contributed by atoms with Gasteiger partial charge in [-0.25, -0.2) is 0 Å². The van der Waals surface area contributed by atoms with Gasteiger partial charge in [-0.05, 0) is 94.5 Å². The number of hydrogen-bond acceptors (Lipinski definition) is 2. The fourth-order valence-corrected chi connectivity index (χ4v) is 8.08. The molecule has 2 saturated carbocycles. The van der Waals surface area contributed by atoms with Gasteiger partial charge in [-0.15, -0.1) is 0 Å². The molecule has 2 bridgehead atoms. The fourth-order valence-electron chi connectivity index (χ4n) is 8.08. The van der Waals surface area contributed by atoms with Crippen molar-refractivity contribution < 1.29 is 4.92 Å². The quantitative estimate of drug-likeness (QED) is 0.223. The minimum Gasteiger partial charge on any atom is -0.258 e. The molecular formula is C32H29NO2. The molecule has 0 aliphatic heterocycles. The highest BCUT2D eigenvalue weighted by atomic mass is 16.6. The monoisotopic (exact) mass is 459 g/mol. The van der Waals surface area contributed by atoms with Gasteiger partial charge in [0.05, 0.1) is 10.5 Å². The Balaban J connectivity index is 1.56. The summed E-state index contributed by atoms with van der Waals surface area (Å²) in [4.78, 5) is 12.0. The third-order valence-electron chi connectivity index (χ3n) is 9.28. The van der Waals surface area contributed by atoms with E-state index in [1.54, 1.807) is 6.07 Å². The molecule has 4 aromatic carbocycles. The summed E-state index contributed by atoms with van der Waals surface area (Å²) >= 11 is 0. The van der Waals surface area contributed by atoms with Gasteiger partial charge in [-0.3, -0.25) is 10.1 Å². The molecule has 0 radical (unpaired) electrons. The van der Waals surface area contributed by atoms with E-state index in [9.17, 15) is 10.1 Å². The van der Waals surface area contributed by atoms with Crippen molar-refractivity contribution in [2.24, 2.45) is 17.8 Å². The van der Waals surface area contributed by atoms with Crippen LogP contribution in [0.5, 0.6) is 0 Å². The Bertz CT molecular complexity index is 1500. The number of rotatable bonds is 2. The number of fused-ring (bicyclic) bond motifs is 9. The van der Waals surface area contributed by atoms with Crippen LogP contribution in [0.1, 0.15) is 50.2 Å². The Morgan fingerprint density at radius 3 is 2.46 bits per heavy atom. The van der Waals surface area contributed by atoms with Gasteiger partial charge in [0, 0.05) is 11.5 Å². The number of nitro groups is 1. The van der Waals surface area contributed by atoms with Crippen molar-refractivity contribution in [1.29, 1.82) is 0 Å². The van der Waals surface area contributed by atoms with Crippen LogP contribution in [-0.4, -0.2) is 4.92 Å². The summed E-state index contributed by atoms with van der Waals surface area (Å²) in [5, 5.41) is 14.2. The SMILES string of the molecule is CC1CC2CCC3(c4ccccc4-c4c(-c5c([N+](=O)[O-])ccc6ccccc56)cccc43)C(C1)C2. The van der Waals surface area contributed by atoms with E-state index in [0.717, 1.165) is 33.7 Å². The van der Waals surface area contributed by atoms with Gasteiger partial charge in [0.15, 0.2) is 0 Å². The van der Waals surface area contributed by atoms with Gasteiger partial charge < -0.3 is 0 Å². The van der Waals surface area contributed by atoms with Crippen LogP contribution >= 0.6 is 0 Å². The van der Waals surface area contributed by atoms with E-state index < -0.39 is 0 Å². The number of hydrogen-bond donors (Lipinski definition) is 0.